The fourth-order valence-electron chi connectivity index (χ4n) is 1.03. The summed E-state index contributed by atoms with van der Waals surface area (Å²) in [7, 11) is -3.27. The molecule has 0 unspecified atom stereocenters. The molecule has 0 aliphatic carbocycles. The molecule has 0 aliphatic rings. The van der Waals surface area contributed by atoms with Gasteiger partial charge in [0.25, 0.3) is 0 Å². The average Bonchev–Trinajstić information content (AvgIpc) is 2.08. The van der Waals surface area contributed by atoms with E-state index < -0.39 is 10.0 Å². The minimum atomic E-state index is -3.27. The van der Waals surface area contributed by atoms with Crippen molar-refractivity contribution < 1.29 is 13.2 Å². The van der Waals surface area contributed by atoms with Crippen molar-refractivity contribution in [3.63, 3.8) is 0 Å². The highest BCUT2D eigenvalue weighted by atomic mass is 32.2. The van der Waals surface area contributed by atoms with Gasteiger partial charge in [-0.25, -0.2) is 13.6 Å². The first-order valence-electron chi connectivity index (χ1n) is 5.14. The molecule has 0 aromatic carbocycles. The predicted octanol–water partition coefficient (Wildman–Crippen LogP) is 1.26. The standard InChI is InChI=1S/C9H21NO3S/c1-2-3-7-13-8-5-4-6-9-14(10,11)12/h2-9H2,1H3,(H2,10,11,12). The van der Waals surface area contributed by atoms with Gasteiger partial charge in [-0.1, -0.05) is 19.8 Å². The highest BCUT2D eigenvalue weighted by Crippen LogP contribution is 1.98. The van der Waals surface area contributed by atoms with Crippen LogP contribution in [0, 0.1) is 0 Å². The first-order valence-corrected chi connectivity index (χ1v) is 6.86. The number of nitrogens with two attached hydrogens (primary N) is 1. The third-order valence-electron chi connectivity index (χ3n) is 1.86. The summed E-state index contributed by atoms with van der Waals surface area (Å²) < 4.78 is 26.4. The van der Waals surface area contributed by atoms with Crippen molar-refractivity contribution in [2.75, 3.05) is 19.0 Å². The number of rotatable bonds is 9. The summed E-state index contributed by atoms with van der Waals surface area (Å²) >= 11 is 0. The van der Waals surface area contributed by atoms with Gasteiger partial charge in [-0.15, -0.1) is 0 Å². The van der Waals surface area contributed by atoms with E-state index in [1.807, 2.05) is 0 Å². The van der Waals surface area contributed by atoms with Crippen LogP contribution in [-0.4, -0.2) is 27.4 Å². The molecule has 0 bridgehead atoms. The molecule has 0 atom stereocenters. The van der Waals surface area contributed by atoms with Crippen LogP contribution in [0.4, 0.5) is 0 Å². The molecular weight excluding hydrogens is 202 g/mol. The lowest BCUT2D eigenvalue weighted by Gasteiger charge is -2.02. The van der Waals surface area contributed by atoms with E-state index >= 15 is 0 Å². The normalized spacial score (nSPS) is 11.9. The molecule has 0 saturated heterocycles. The van der Waals surface area contributed by atoms with Gasteiger partial charge in [-0.05, 0) is 19.3 Å². The fraction of sp³-hybridized carbons (Fsp3) is 1.00. The third kappa shape index (κ3) is 11.9. The summed E-state index contributed by atoms with van der Waals surface area (Å²) in [5, 5.41) is 4.86. The minimum absolute atomic E-state index is 0.0853. The zero-order valence-corrected chi connectivity index (χ0v) is 9.68. The van der Waals surface area contributed by atoms with Crippen LogP contribution in [0.2, 0.25) is 0 Å². The second kappa shape index (κ2) is 8.20. The summed E-state index contributed by atoms with van der Waals surface area (Å²) in [6, 6.07) is 0. The van der Waals surface area contributed by atoms with Gasteiger partial charge >= 0.3 is 0 Å². The molecule has 0 aromatic rings. The van der Waals surface area contributed by atoms with Crippen LogP contribution in [0.15, 0.2) is 0 Å². The van der Waals surface area contributed by atoms with Gasteiger partial charge in [0.2, 0.25) is 10.0 Å². The van der Waals surface area contributed by atoms with Crippen LogP contribution in [0.3, 0.4) is 0 Å². The summed E-state index contributed by atoms with van der Waals surface area (Å²) in [6.07, 6.45) is 4.65. The van der Waals surface area contributed by atoms with Crippen molar-refractivity contribution in [1.82, 2.24) is 0 Å². The zero-order chi connectivity index (χ0) is 10.9. The van der Waals surface area contributed by atoms with Crippen molar-refractivity contribution in [2.24, 2.45) is 5.14 Å². The van der Waals surface area contributed by atoms with Crippen molar-refractivity contribution in [1.29, 1.82) is 0 Å². The van der Waals surface area contributed by atoms with Gasteiger partial charge in [0.05, 0.1) is 5.75 Å². The lowest BCUT2D eigenvalue weighted by atomic mass is 10.3. The van der Waals surface area contributed by atoms with E-state index in [4.69, 9.17) is 9.88 Å². The number of hydrogen-bond acceptors (Lipinski definition) is 3. The summed E-state index contributed by atoms with van der Waals surface area (Å²) in [4.78, 5) is 0. The second-order valence-electron chi connectivity index (χ2n) is 3.39. The number of ether oxygens (including phenoxy) is 1. The maximum absolute atomic E-state index is 10.6. The second-order valence-corrected chi connectivity index (χ2v) is 5.13. The Labute approximate surface area is 86.9 Å². The van der Waals surface area contributed by atoms with Gasteiger partial charge in [-0.2, -0.15) is 0 Å². The Morgan fingerprint density at radius 3 is 2.29 bits per heavy atom. The minimum Gasteiger partial charge on any atom is -0.381 e. The SMILES string of the molecule is CCCCOCCCCCS(N)(=O)=O. The molecule has 86 valence electrons. The molecular formula is C9H21NO3S. The molecule has 0 aliphatic heterocycles. The molecule has 14 heavy (non-hydrogen) atoms. The fourth-order valence-corrected chi connectivity index (χ4v) is 1.64. The topological polar surface area (TPSA) is 69.4 Å². The van der Waals surface area contributed by atoms with E-state index in [1.165, 1.54) is 0 Å². The van der Waals surface area contributed by atoms with Crippen LogP contribution in [0.25, 0.3) is 0 Å². The van der Waals surface area contributed by atoms with Crippen LogP contribution in [0.5, 0.6) is 0 Å². The van der Waals surface area contributed by atoms with Crippen molar-refractivity contribution in [2.45, 2.75) is 39.0 Å². The molecule has 0 saturated carbocycles. The van der Waals surface area contributed by atoms with E-state index in [1.54, 1.807) is 0 Å². The third-order valence-corrected chi connectivity index (χ3v) is 2.72. The molecule has 2 N–H and O–H groups in total. The summed E-state index contributed by atoms with van der Waals surface area (Å²) in [5.41, 5.74) is 0. The Morgan fingerprint density at radius 1 is 1.07 bits per heavy atom. The number of unbranched alkanes of at least 4 members (excludes halogenated alkanes) is 3. The first kappa shape index (κ1) is 13.9. The maximum Gasteiger partial charge on any atom is 0.209 e. The lowest BCUT2D eigenvalue weighted by Crippen LogP contribution is -2.16. The van der Waals surface area contributed by atoms with E-state index in [0.29, 0.717) is 6.42 Å². The van der Waals surface area contributed by atoms with Gasteiger partial charge < -0.3 is 4.74 Å². The van der Waals surface area contributed by atoms with E-state index in [9.17, 15) is 8.42 Å². The van der Waals surface area contributed by atoms with Crippen molar-refractivity contribution in [3.8, 4) is 0 Å². The van der Waals surface area contributed by atoms with E-state index in [2.05, 4.69) is 6.92 Å². The van der Waals surface area contributed by atoms with Crippen molar-refractivity contribution >= 4 is 10.0 Å². The zero-order valence-electron chi connectivity index (χ0n) is 8.87. The molecule has 0 amide bonds. The van der Waals surface area contributed by atoms with Gasteiger partial charge in [0, 0.05) is 13.2 Å². The first-order chi connectivity index (χ1) is 6.56. The highest BCUT2D eigenvalue weighted by molar-refractivity contribution is 7.89. The van der Waals surface area contributed by atoms with Gasteiger partial charge in [0.15, 0.2) is 0 Å². The highest BCUT2D eigenvalue weighted by Gasteiger charge is 2.00. The maximum atomic E-state index is 10.6. The Bertz CT molecular complexity index is 214. The summed E-state index contributed by atoms with van der Waals surface area (Å²) in [6.45, 7) is 3.66. The smallest absolute Gasteiger partial charge is 0.209 e. The lowest BCUT2D eigenvalue weighted by molar-refractivity contribution is 0.127. The Balaban J connectivity index is 3.07. The van der Waals surface area contributed by atoms with Crippen molar-refractivity contribution in [3.05, 3.63) is 0 Å². The number of hydrogen-bond donors (Lipinski definition) is 1. The summed E-state index contributed by atoms with van der Waals surface area (Å²) in [5.74, 6) is 0.0853. The predicted molar refractivity (Wildman–Crippen MR) is 57.6 cm³/mol. The largest absolute Gasteiger partial charge is 0.381 e. The number of primary sulfonamides is 1. The molecule has 0 heterocycles. The molecule has 0 radical (unpaired) electrons. The van der Waals surface area contributed by atoms with E-state index in [-0.39, 0.29) is 5.75 Å². The molecule has 0 fully saturated rings. The monoisotopic (exact) mass is 223 g/mol. The molecule has 0 aromatic heterocycles. The van der Waals surface area contributed by atoms with E-state index in [0.717, 1.165) is 38.9 Å². The Hall–Kier alpha value is -0.130. The number of sulfonamides is 1. The Kier molecular flexibility index (Phi) is 8.12. The van der Waals surface area contributed by atoms with Gasteiger partial charge in [-0.3, -0.25) is 0 Å². The van der Waals surface area contributed by atoms with Crippen LogP contribution >= 0.6 is 0 Å². The average molecular weight is 223 g/mol. The Morgan fingerprint density at radius 2 is 1.71 bits per heavy atom. The molecule has 0 rings (SSSR count). The van der Waals surface area contributed by atoms with Crippen LogP contribution < -0.4 is 5.14 Å². The van der Waals surface area contributed by atoms with Gasteiger partial charge in [0.1, 0.15) is 0 Å². The molecule has 4 nitrogen and oxygen atoms in total. The molecule has 5 heteroatoms. The van der Waals surface area contributed by atoms with Crippen LogP contribution in [-0.2, 0) is 14.8 Å². The quantitative estimate of drug-likeness (QED) is 0.598. The molecule has 0 spiro atoms. The van der Waals surface area contributed by atoms with Crippen LogP contribution in [0.1, 0.15) is 39.0 Å².